The van der Waals surface area contributed by atoms with Crippen molar-refractivity contribution < 1.29 is 17.9 Å². The van der Waals surface area contributed by atoms with Gasteiger partial charge in [-0.2, -0.15) is 18.3 Å². The van der Waals surface area contributed by atoms with Gasteiger partial charge in [-0.25, -0.2) is 9.97 Å². The summed E-state index contributed by atoms with van der Waals surface area (Å²) in [5, 5.41) is 4.19. The zero-order chi connectivity index (χ0) is 22.3. The molecule has 0 unspecified atom stereocenters. The molecule has 0 bridgehead atoms. The number of nitrogen functional groups attached to an aromatic ring is 1. The molecule has 3 heterocycles. The van der Waals surface area contributed by atoms with E-state index in [1.807, 2.05) is 0 Å². The fourth-order valence-corrected chi connectivity index (χ4v) is 3.24. The van der Waals surface area contributed by atoms with Crippen molar-refractivity contribution in [2.45, 2.75) is 13.1 Å². The number of aryl methyl sites for hydroxylation is 1. The molecule has 8 nitrogen and oxygen atoms in total. The molecule has 0 fully saturated rings. The summed E-state index contributed by atoms with van der Waals surface area (Å²) in [6.45, 7) is 2.12. The number of nitrogens with zero attached hydrogens (tertiary/aromatic N) is 4. The largest absolute Gasteiger partial charge is 0.477 e. The number of halogens is 3. The van der Waals surface area contributed by atoms with Crippen LogP contribution in [0.15, 0.2) is 41.3 Å². The first-order valence-electron chi connectivity index (χ1n) is 9.22. The maximum absolute atomic E-state index is 12.9. The Labute approximate surface area is 173 Å². The molecule has 3 aromatic heterocycles. The van der Waals surface area contributed by atoms with E-state index >= 15 is 0 Å². The fourth-order valence-electron chi connectivity index (χ4n) is 3.24. The molecule has 4 rings (SSSR count). The average Bonchev–Trinajstić information content (AvgIpc) is 3.05. The lowest BCUT2D eigenvalue weighted by Gasteiger charge is -2.10. The minimum atomic E-state index is -4.45. The molecular weight excluding hydrogens is 413 g/mol. The molecule has 0 radical (unpaired) electrons. The molecule has 0 saturated heterocycles. The van der Waals surface area contributed by atoms with Gasteiger partial charge in [0, 0.05) is 12.6 Å². The van der Waals surface area contributed by atoms with Crippen LogP contribution in [0.4, 0.5) is 18.9 Å². The van der Waals surface area contributed by atoms with Crippen molar-refractivity contribution >= 4 is 16.7 Å². The number of ether oxygens (including phenoxy) is 1. The van der Waals surface area contributed by atoms with E-state index in [-0.39, 0.29) is 22.7 Å². The maximum atomic E-state index is 12.9. The fraction of sp³-hybridized carbons (Fsp3) is 0.200. The van der Waals surface area contributed by atoms with Gasteiger partial charge in [-0.1, -0.05) is 12.1 Å². The number of pyridine rings is 1. The van der Waals surface area contributed by atoms with E-state index in [0.29, 0.717) is 29.1 Å². The van der Waals surface area contributed by atoms with Crippen molar-refractivity contribution in [3.63, 3.8) is 0 Å². The zero-order valence-electron chi connectivity index (χ0n) is 16.5. The van der Waals surface area contributed by atoms with Crippen molar-refractivity contribution in [1.29, 1.82) is 0 Å². The Morgan fingerprint density at radius 3 is 2.55 bits per heavy atom. The minimum Gasteiger partial charge on any atom is -0.477 e. The Kier molecular flexibility index (Phi) is 4.88. The van der Waals surface area contributed by atoms with Crippen molar-refractivity contribution in [2.75, 3.05) is 12.3 Å². The molecule has 0 saturated carbocycles. The summed E-state index contributed by atoms with van der Waals surface area (Å²) in [6.07, 6.45) is -3.03. The maximum Gasteiger partial charge on any atom is 0.416 e. The number of aromatic nitrogens is 5. The molecule has 0 aliphatic rings. The second-order valence-electron chi connectivity index (χ2n) is 6.71. The summed E-state index contributed by atoms with van der Waals surface area (Å²) in [7, 11) is 1.58. The highest BCUT2D eigenvalue weighted by atomic mass is 19.4. The summed E-state index contributed by atoms with van der Waals surface area (Å²) in [6, 6.07) is 6.13. The number of nitrogens with one attached hydrogen (secondary N) is 1. The number of fused-ring (bicyclic) bond motifs is 1. The van der Waals surface area contributed by atoms with E-state index in [1.165, 1.54) is 23.0 Å². The Morgan fingerprint density at radius 2 is 1.90 bits per heavy atom. The Balaban J connectivity index is 1.92. The third-order valence-corrected chi connectivity index (χ3v) is 4.59. The van der Waals surface area contributed by atoms with Crippen LogP contribution in [0.3, 0.4) is 0 Å². The molecule has 1 aromatic carbocycles. The van der Waals surface area contributed by atoms with Crippen LogP contribution < -0.4 is 16.0 Å². The highest BCUT2D eigenvalue weighted by Gasteiger charge is 2.30. The van der Waals surface area contributed by atoms with Crippen LogP contribution in [-0.4, -0.2) is 31.3 Å². The van der Waals surface area contributed by atoms with E-state index in [0.717, 1.165) is 12.1 Å². The topological polar surface area (TPSA) is 112 Å². The smallest absolute Gasteiger partial charge is 0.416 e. The first-order valence-corrected chi connectivity index (χ1v) is 9.22. The average molecular weight is 430 g/mol. The highest BCUT2D eigenvalue weighted by Crippen LogP contribution is 2.33. The first kappa shape index (κ1) is 20.4. The van der Waals surface area contributed by atoms with Gasteiger partial charge in [0.1, 0.15) is 11.3 Å². The summed E-state index contributed by atoms with van der Waals surface area (Å²) in [4.78, 5) is 24.0. The van der Waals surface area contributed by atoms with E-state index in [2.05, 4.69) is 20.1 Å². The van der Waals surface area contributed by atoms with E-state index < -0.39 is 17.3 Å². The monoisotopic (exact) mass is 430 g/mol. The van der Waals surface area contributed by atoms with Crippen LogP contribution in [0.25, 0.3) is 33.7 Å². The number of alkyl halides is 3. The lowest BCUT2D eigenvalue weighted by molar-refractivity contribution is -0.137. The highest BCUT2D eigenvalue weighted by molar-refractivity contribution is 5.90. The van der Waals surface area contributed by atoms with Gasteiger partial charge in [0.2, 0.25) is 5.88 Å². The second-order valence-corrected chi connectivity index (χ2v) is 6.71. The Hall–Kier alpha value is -3.89. The van der Waals surface area contributed by atoms with Gasteiger partial charge in [0.25, 0.3) is 5.56 Å². The molecule has 0 aliphatic heterocycles. The standard InChI is InChI=1S/C20H17F3N6O2/c1-3-31-19-13(8-12(24)9-25-19)17-26-14-15(18(30)27-17)28-29(2)16(14)10-4-6-11(7-5-10)20(21,22)23/h4-9H,3,24H2,1-2H3,(H,26,27,30). The lowest BCUT2D eigenvalue weighted by atomic mass is 10.1. The molecule has 0 aliphatic carbocycles. The van der Waals surface area contributed by atoms with Crippen molar-refractivity contribution in [1.82, 2.24) is 24.7 Å². The van der Waals surface area contributed by atoms with Gasteiger partial charge in [-0.3, -0.25) is 9.48 Å². The molecule has 0 spiro atoms. The van der Waals surface area contributed by atoms with Gasteiger partial charge in [0.05, 0.1) is 35.3 Å². The normalized spacial score (nSPS) is 11.8. The van der Waals surface area contributed by atoms with Gasteiger partial charge in [-0.05, 0) is 25.1 Å². The van der Waals surface area contributed by atoms with Crippen LogP contribution in [0, 0.1) is 0 Å². The van der Waals surface area contributed by atoms with Crippen LogP contribution in [0.2, 0.25) is 0 Å². The summed E-state index contributed by atoms with van der Waals surface area (Å²) in [5.74, 6) is 0.390. The van der Waals surface area contributed by atoms with E-state index in [9.17, 15) is 18.0 Å². The van der Waals surface area contributed by atoms with Crippen LogP contribution in [0.1, 0.15) is 12.5 Å². The molecular formula is C20H17F3N6O2. The number of hydrogen-bond donors (Lipinski definition) is 2. The van der Waals surface area contributed by atoms with Gasteiger partial charge >= 0.3 is 6.18 Å². The minimum absolute atomic E-state index is 0.0518. The second kappa shape index (κ2) is 7.42. The number of rotatable bonds is 4. The van der Waals surface area contributed by atoms with E-state index in [1.54, 1.807) is 20.0 Å². The number of benzene rings is 1. The molecule has 160 valence electrons. The Bertz CT molecular complexity index is 1330. The van der Waals surface area contributed by atoms with Gasteiger partial charge < -0.3 is 15.5 Å². The molecule has 0 amide bonds. The van der Waals surface area contributed by atoms with Crippen molar-refractivity contribution in [2.24, 2.45) is 7.05 Å². The SMILES string of the molecule is CCOc1ncc(N)cc1-c1nc2c(-c3ccc(C(F)(F)F)cc3)n(C)nc2c(=O)[nH]1. The van der Waals surface area contributed by atoms with Gasteiger partial charge in [0.15, 0.2) is 5.52 Å². The van der Waals surface area contributed by atoms with Crippen molar-refractivity contribution in [3.05, 3.63) is 52.4 Å². The molecule has 11 heteroatoms. The number of hydrogen-bond acceptors (Lipinski definition) is 6. The molecule has 31 heavy (non-hydrogen) atoms. The molecule has 0 atom stereocenters. The summed E-state index contributed by atoms with van der Waals surface area (Å²) in [5.41, 5.74) is 6.37. The number of anilines is 1. The van der Waals surface area contributed by atoms with Gasteiger partial charge in [-0.15, -0.1) is 0 Å². The lowest BCUT2D eigenvalue weighted by Crippen LogP contribution is -2.11. The van der Waals surface area contributed by atoms with Crippen LogP contribution >= 0.6 is 0 Å². The quantitative estimate of drug-likeness (QED) is 0.513. The number of aromatic amines is 1. The third kappa shape index (κ3) is 3.69. The summed E-state index contributed by atoms with van der Waals surface area (Å²) >= 11 is 0. The van der Waals surface area contributed by atoms with Crippen LogP contribution in [-0.2, 0) is 13.2 Å². The predicted molar refractivity (Wildman–Crippen MR) is 108 cm³/mol. The van der Waals surface area contributed by atoms with Crippen LogP contribution in [0.5, 0.6) is 5.88 Å². The summed E-state index contributed by atoms with van der Waals surface area (Å²) < 4.78 is 45.7. The Morgan fingerprint density at radius 1 is 1.19 bits per heavy atom. The molecule has 4 aromatic rings. The first-order chi connectivity index (χ1) is 14.7. The third-order valence-electron chi connectivity index (χ3n) is 4.59. The predicted octanol–water partition coefficient (Wildman–Crippen LogP) is 3.39. The number of H-pyrrole nitrogens is 1. The molecule has 3 N–H and O–H groups in total. The number of nitrogens with two attached hydrogens (primary N) is 1. The van der Waals surface area contributed by atoms with E-state index in [4.69, 9.17) is 10.5 Å². The van der Waals surface area contributed by atoms with Crippen molar-refractivity contribution in [3.8, 4) is 28.5 Å². The zero-order valence-corrected chi connectivity index (χ0v) is 16.5.